The van der Waals surface area contributed by atoms with E-state index in [0.29, 0.717) is 37.8 Å². The number of nitrogen functional groups attached to an aromatic ring is 1. The lowest BCUT2D eigenvalue weighted by atomic mass is 9.96. The van der Waals surface area contributed by atoms with Crippen LogP contribution in [0.25, 0.3) is 0 Å². The van der Waals surface area contributed by atoms with Gasteiger partial charge in [0.25, 0.3) is 0 Å². The molecule has 1 aromatic carbocycles. The molecule has 0 aliphatic rings. The quantitative estimate of drug-likeness (QED) is 0.714. The van der Waals surface area contributed by atoms with Gasteiger partial charge in [0.1, 0.15) is 17.4 Å². The lowest BCUT2D eigenvalue weighted by Crippen LogP contribution is -2.17. The van der Waals surface area contributed by atoms with Gasteiger partial charge in [-0.1, -0.05) is 44.0 Å². The van der Waals surface area contributed by atoms with Gasteiger partial charge in [0.15, 0.2) is 0 Å². The first-order chi connectivity index (χ1) is 9.66. The van der Waals surface area contributed by atoms with Crippen LogP contribution in [0.15, 0.2) is 22.7 Å². The largest absolute Gasteiger partial charge is 0.437 e. The van der Waals surface area contributed by atoms with Crippen molar-refractivity contribution in [1.29, 1.82) is 0 Å². The summed E-state index contributed by atoms with van der Waals surface area (Å²) in [5.41, 5.74) is 5.56. The highest BCUT2D eigenvalue weighted by atomic mass is 79.9. The zero-order valence-electron chi connectivity index (χ0n) is 11.7. The number of anilines is 1. The van der Waals surface area contributed by atoms with Crippen LogP contribution in [0.2, 0.25) is 10.0 Å². The molecule has 0 atom stereocenters. The molecule has 4 nitrogen and oxygen atoms in total. The molecule has 0 bridgehead atoms. The third-order valence-corrected chi connectivity index (χ3v) is 4.08. The van der Waals surface area contributed by atoms with Crippen molar-refractivity contribution in [3.05, 3.63) is 38.5 Å². The van der Waals surface area contributed by atoms with Gasteiger partial charge in [-0.25, -0.2) is 4.98 Å². The zero-order valence-corrected chi connectivity index (χ0v) is 14.8. The fourth-order valence-electron chi connectivity index (χ4n) is 1.53. The van der Waals surface area contributed by atoms with E-state index in [1.807, 2.05) is 20.8 Å². The molecule has 2 aromatic rings. The van der Waals surface area contributed by atoms with Gasteiger partial charge in [0, 0.05) is 22.0 Å². The number of aromatic nitrogens is 2. The van der Waals surface area contributed by atoms with E-state index in [1.165, 1.54) is 0 Å². The van der Waals surface area contributed by atoms with Crippen molar-refractivity contribution in [2.75, 3.05) is 5.73 Å². The highest BCUT2D eigenvalue weighted by Crippen LogP contribution is 2.36. The summed E-state index contributed by atoms with van der Waals surface area (Å²) in [6.07, 6.45) is 0. The van der Waals surface area contributed by atoms with Crippen LogP contribution in [0.4, 0.5) is 5.82 Å². The molecular weight excluding hydrogens is 377 g/mol. The molecule has 0 radical (unpaired) electrons. The maximum Gasteiger partial charge on any atom is 0.224 e. The second-order valence-corrected chi connectivity index (χ2v) is 7.17. The van der Waals surface area contributed by atoms with Crippen molar-refractivity contribution in [3.63, 3.8) is 0 Å². The summed E-state index contributed by atoms with van der Waals surface area (Å²) in [6.45, 7) is 5.99. The molecule has 0 saturated carbocycles. The van der Waals surface area contributed by atoms with Crippen LogP contribution in [-0.4, -0.2) is 9.97 Å². The van der Waals surface area contributed by atoms with E-state index in [4.69, 9.17) is 33.7 Å². The molecule has 0 aliphatic heterocycles. The Morgan fingerprint density at radius 2 is 1.76 bits per heavy atom. The van der Waals surface area contributed by atoms with Crippen molar-refractivity contribution < 1.29 is 4.74 Å². The fraction of sp³-hybridized carbons (Fsp3) is 0.286. The van der Waals surface area contributed by atoms with Crippen LogP contribution in [0, 0.1) is 0 Å². The van der Waals surface area contributed by atoms with Gasteiger partial charge in [-0.3, -0.25) is 0 Å². The van der Waals surface area contributed by atoms with Gasteiger partial charge < -0.3 is 10.5 Å². The van der Waals surface area contributed by atoms with Gasteiger partial charge in [0.2, 0.25) is 5.88 Å². The topological polar surface area (TPSA) is 61.0 Å². The average molecular weight is 391 g/mol. The van der Waals surface area contributed by atoms with Crippen molar-refractivity contribution in [2.24, 2.45) is 0 Å². The molecule has 0 aliphatic carbocycles. The smallest absolute Gasteiger partial charge is 0.224 e. The predicted octanol–water partition coefficient (Wildman–Crippen LogP) is 5.22. The minimum Gasteiger partial charge on any atom is -0.437 e. The summed E-state index contributed by atoms with van der Waals surface area (Å²) in [5, 5.41) is 0.910. The van der Waals surface area contributed by atoms with Crippen LogP contribution in [0.5, 0.6) is 11.6 Å². The summed E-state index contributed by atoms with van der Waals surface area (Å²) < 4.78 is 6.39. The summed E-state index contributed by atoms with van der Waals surface area (Å²) in [4.78, 5) is 8.59. The maximum atomic E-state index is 6.13. The van der Waals surface area contributed by atoms with E-state index in [1.54, 1.807) is 18.2 Å². The van der Waals surface area contributed by atoms with Gasteiger partial charge in [-0.05, 0) is 22.0 Å². The molecule has 2 N–H and O–H groups in total. The highest BCUT2D eigenvalue weighted by Gasteiger charge is 2.19. The van der Waals surface area contributed by atoms with Gasteiger partial charge >= 0.3 is 0 Å². The van der Waals surface area contributed by atoms with Crippen LogP contribution in [-0.2, 0) is 5.41 Å². The number of benzene rings is 1. The van der Waals surface area contributed by atoms with Gasteiger partial charge in [-0.15, -0.1) is 0 Å². The molecule has 0 spiro atoms. The lowest BCUT2D eigenvalue weighted by molar-refractivity contribution is 0.447. The second-order valence-electron chi connectivity index (χ2n) is 5.50. The zero-order chi connectivity index (χ0) is 15.8. The average Bonchev–Trinajstić information content (AvgIpc) is 2.34. The van der Waals surface area contributed by atoms with E-state index in [0.717, 1.165) is 0 Å². The third kappa shape index (κ3) is 3.99. The number of hydrogen-bond donors (Lipinski definition) is 1. The van der Waals surface area contributed by atoms with Gasteiger partial charge in [0.05, 0.1) is 10.0 Å². The molecule has 0 saturated heterocycles. The van der Waals surface area contributed by atoms with E-state index in [9.17, 15) is 0 Å². The first-order valence-corrected chi connectivity index (χ1v) is 7.69. The molecule has 0 amide bonds. The molecule has 1 aromatic heterocycles. The summed E-state index contributed by atoms with van der Waals surface area (Å²) in [5.74, 6) is 1.66. The third-order valence-electron chi connectivity index (χ3n) is 2.58. The number of halogens is 3. The van der Waals surface area contributed by atoms with E-state index in [2.05, 4.69) is 25.9 Å². The van der Waals surface area contributed by atoms with Crippen LogP contribution >= 0.6 is 39.1 Å². The molecule has 1 heterocycles. The number of ether oxygens (including phenoxy) is 1. The normalized spacial score (nSPS) is 11.5. The van der Waals surface area contributed by atoms with Crippen molar-refractivity contribution >= 4 is 44.9 Å². The minimum atomic E-state index is -0.241. The molecule has 0 unspecified atom stereocenters. The fourth-order valence-corrected chi connectivity index (χ4v) is 2.36. The molecule has 2 rings (SSSR count). The Bertz CT molecular complexity index is 687. The Balaban J connectivity index is 2.40. The second kappa shape index (κ2) is 5.99. The Hall–Kier alpha value is -1.04. The molecule has 112 valence electrons. The van der Waals surface area contributed by atoms with Crippen LogP contribution in [0.1, 0.15) is 26.6 Å². The number of nitrogens with two attached hydrogens (primary N) is 1. The Labute approximate surface area is 141 Å². The first kappa shape index (κ1) is 16.3. The Morgan fingerprint density at radius 3 is 2.38 bits per heavy atom. The maximum absolute atomic E-state index is 6.13. The number of rotatable bonds is 2. The molecular formula is C14H14BrCl2N3O. The molecule has 0 fully saturated rings. The van der Waals surface area contributed by atoms with Gasteiger partial charge in [-0.2, -0.15) is 4.98 Å². The van der Waals surface area contributed by atoms with Crippen molar-refractivity contribution in [3.8, 4) is 11.6 Å². The van der Waals surface area contributed by atoms with Crippen molar-refractivity contribution in [1.82, 2.24) is 9.97 Å². The number of hydrogen-bond acceptors (Lipinski definition) is 4. The summed E-state index contributed by atoms with van der Waals surface area (Å²) >= 11 is 15.5. The standard InChI is InChI=1S/C14H14BrCl2N3O/c1-14(2,3)13-19-11(18)6-12(20-13)21-10-5-8(16)7(15)4-9(10)17/h4-6H,1-3H3,(H2,18,19,20). The number of nitrogens with zero attached hydrogens (tertiary/aromatic N) is 2. The predicted molar refractivity (Wildman–Crippen MR) is 89.4 cm³/mol. The summed E-state index contributed by atoms with van der Waals surface area (Å²) in [6, 6.07) is 4.82. The van der Waals surface area contributed by atoms with Crippen molar-refractivity contribution in [2.45, 2.75) is 26.2 Å². The monoisotopic (exact) mass is 389 g/mol. The van der Waals surface area contributed by atoms with E-state index < -0.39 is 0 Å². The van der Waals surface area contributed by atoms with Crippen LogP contribution in [0.3, 0.4) is 0 Å². The first-order valence-electron chi connectivity index (χ1n) is 6.14. The molecule has 21 heavy (non-hydrogen) atoms. The SMILES string of the molecule is CC(C)(C)c1nc(N)cc(Oc2cc(Cl)c(Br)cc2Cl)n1. The van der Waals surface area contributed by atoms with E-state index in [-0.39, 0.29) is 5.41 Å². The Morgan fingerprint density at radius 1 is 1.10 bits per heavy atom. The lowest BCUT2D eigenvalue weighted by Gasteiger charge is -2.18. The minimum absolute atomic E-state index is 0.241. The summed E-state index contributed by atoms with van der Waals surface area (Å²) in [7, 11) is 0. The Kier molecular flexibility index (Phi) is 4.66. The van der Waals surface area contributed by atoms with Crippen LogP contribution < -0.4 is 10.5 Å². The molecule has 7 heteroatoms. The highest BCUT2D eigenvalue weighted by molar-refractivity contribution is 9.10. The van der Waals surface area contributed by atoms with E-state index >= 15 is 0 Å².